The van der Waals surface area contributed by atoms with Crippen molar-refractivity contribution in [2.24, 2.45) is 7.05 Å². The normalized spacial score (nSPS) is 10.1. The summed E-state index contributed by atoms with van der Waals surface area (Å²) >= 11 is 7.38. The molecule has 1 aromatic heterocycles. The van der Waals surface area contributed by atoms with E-state index in [0.717, 1.165) is 10.1 Å². The lowest BCUT2D eigenvalue weighted by Crippen LogP contribution is -1.88. The summed E-state index contributed by atoms with van der Waals surface area (Å²) in [5.41, 5.74) is 0.476. The van der Waals surface area contributed by atoms with Crippen LogP contribution in [-0.2, 0) is 7.05 Å². The molecule has 0 radical (unpaired) electrons. The summed E-state index contributed by atoms with van der Waals surface area (Å²) < 4.78 is 1.82. The molecule has 80 valence electrons. The molecule has 1 heterocycles. The Labute approximate surface area is 102 Å². The van der Waals surface area contributed by atoms with E-state index in [2.05, 4.69) is 10.2 Å². The highest BCUT2D eigenvalue weighted by Gasteiger charge is 2.06. The van der Waals surface area contributed by atoms with Crippen molar-refractivity contribution in [3.63, 3.8) is 0 Å². The molecule has 0 atom stereocenters. The largest absolute Gasteiger partial charge is 0.311 e. The quantitative estimate of drug-likeness (QED) is 0.822. The third kappa shape index (κ3) is 2.18. The van der Waals surface area contributed by atoms with E-state index in [9.17, 15) is 0 Å². The van der Waals surface area contributed by atoms with Gasteiger partial charge in [0.05, 0.1) is 10.6 Å². The molecule has 0 aliphatic heterocycles. The van der Waals surface area contributed by atoms with Crippen molar-refractivity contribution in [1.29, 1.82) is 5.26 Å². The zero-order valence-corrected chi connectivity index (χ0v) is 9.96. The lowest BCUT2D eigenvalue weighted by atomic mass is 10.2. The van der Waals surface area contributed by atoms with Gasteiger partial charge in [-0.25, -0.2) is 0 Å². The van der Waals surface area contributed by atoms with Crippen LogP contribution < -0.4 is 0 Å². The summed E-state index contributed by atoms with van der Waals surface area (Å²) in [7, 11) is 1.87. The van der Waals surface area contributed by atoms with Crippen LogP contribution in [0.15, 0.2) is 34.6 Å². The average molecular weight is 251 g/mol. The van der Waals surface area contributed by atoms with Crippen LogP contribution in [0, 0.1) is 11.3 Å². The predicted octanol–water partition coefficient (Wildman–Crippen LogP) is 2.49. The molecule has 0 spiro atoms. The maximum absolute atomic E-state index is 8.74. The van der Waals surface area contributed by atoms with Crippen molar-refractivity contribution in [1.82, 2.24) is 14.8 Å². The Morgan fingerprint density at radius 1 is 1.50 bits per heavy atom. The zero-order chi connectivity index (χ0) is 11.5. The molecule has 0 saturated heterocycles. The SMILES string of the molecule is Cn1cnnc1Sc1ccc(C#N)c(Cl)c1. The molecule has 16 heavy (non-hydrogen) atoms. The first-order chi connectivity index (χ1) is 7.70. The van der Waals surface area contributed by atoms with Crippen LogP contribution in [0.1, 0.15) is 5.56 Å². The molecule has 0 bridgehead atoms. The van der Waals surface area contributed by atoms with Gasteiger partial charge in [-0.3, -0.25) is 0 Å². The van der Waals surface area contributed by atoms with Crippen molar-refractivity contribution in [2.75, 3.05) is 0 Å². The monoisotopic (exact) mass is 250 g/mol. The minimum Gasteiger partial charge on any atom is -0.311 e. The molecule has 2 rings (SSSR count). The van der Waals surface area contributed by atoms with E-state index in [1.807, 2.05) is 23.8 Å². The number of halogens is 1. The number of aryl methyl sites for hydroxylation is 1. The Morgan fingerprint density at radius 2 is 2.31 bits per heavy atom. The second-order valence-corrected chi connectivity index (χ2v) is 4.53. The summed E-state index contributed by atoms with van der Waals surface area (Å²) in [5, 5.41) is 17.7. The number of nitriles is 1. The number of nitrogens with zero attached hydrogens (tertiary/aromatic N) is 4. The number of rotatable bonds is 2. The maximum Gasteiger partial charge on any atom is 0.195 e. The van der Waals surface area contributed by atoms with Crippen LogP contribution in [0.5, 0.6) is 0 Å². The highest BCUT2D eigenvalue weighted by Crippen LogP contribution is 2.28. The van der Waals surface area contributed by atoms with Crippen LogP contribution in [0.4, 0.5) is 0 Å². The summed E-state index contributed by atoms with van der Waals surface area (Å²) in [5.74, 6) is 0. The van der Waals surface area contributed by atoms with Gasteiger partial charge in [-0.05, 0) is 30.0 Å². The Balaban J connectivity index is 2.27. The Hall–Kier alpha value is -1.51. The molecule has 0 unspecified atom stereocenters. The van der Waals surface area contributed by atoms with Gasteiger partial charge in [-0.1, -0.05) is 11.6 Å². The second-order valence-electron chi connectivity index (χ2n) is 3.08. The van der Waals surface area contributed by atoms with Gasteiger partial charge < -0.3 is 4.57 Å². The van der Waals surface area contributed by atoms with Gasteiger partial charge in [0.15, 0.2) is 5.16 Å². The minimum absolute atomic E-state index is 0.453. The van der Waals surface area contributed by atoms with Crippen molar-refractivity contribution in [3.05, 3.63) is 35.1 Å². The Morgan fingerprint density at radius 3 is 2.88 bits per heavy atom. The average Bonchev–Trinajstić information content (AvgIpc) is 2.65. The van der Waals surface area contributed by atoms with Gasteiger partial charge in [0.25, 0.3) is 0 Å². The van der Waals surface area contributed by atoms with Gasteiger partial charge in [0.2, 0.25) is 0 Å². The van der Waals surface area contributed by atoms with Gasteiger partial charge in [0.1, 0.15) is 12.4 Å². The molecule has 1 aromatic carbocycles. The van der Waals surface area contributed by atoms with Crippen LogP contribution in [0.3, 0.4) is 0 Å². The minimum atomic E-state index is 0.453. The van der Waals surface area contributed by atoms with E-state index in [1.165, 1.54) is 11.8 Å². The third-order valence-electron chi connectivity index (χ3n) is 1.94. The van der Waals surface area contributed by atoms with Gasteiger partial charge in [0, 0.05) is 11.9 Å². The number of hydrogen-bond donors (Lipinski definition) is 0. The lowest BCUT2D eigenvalue weighted by Gasteiger charge is -2.01. The van der Waals surface area contributed by atoms with Crippen molar-refractivity contribution >= 4 is 23.4 Å². The van der Waals surface area contributed by atoms with Gasteiger partial charge in [-0.2, -0.15) is 5.26 Å². The first-order valence-corrected chi connectivity index (χ1v) is 5.61. The molecule has 4 nitrogen and oxygen atoms in total. The zero-order valence-electron chi connectivity index (χ0n) is 8.38. The van der Waals surface area contributed by atoms with Gasteiger partial charge >= 0.3 is 0 Å². The lowest BCUT2D eigenvalue weighted by molar-refractivity contribution is 0.788. The third-order valence-corrected chi connectivity index (χ3v) is 3.29. The topological polar surface area (TPSA) is 54.5 Å². The smallest absolute Gasteiger partial charge is 0.195 e. The van der Waals surface area contributed by atoms with Crippen LogP contribution in [0.2, 0.25) is 5.02 Å². The molecule has 0 fully saturated rings. The van der Waals surface area contributed by atoms with E-state index < -0.39 is 0 Å². The van der Waals surface area contributed by atoms with Crippen molar-refractivity contribution in [2.45, 2.75) is 10.1 Å². The number of hydrogen-bond acceptors (Lipinski definition) is 4. The standard InChI is InChI=1S/C10H7ClN4S/c1-15-6-13-14-10(15)16-8-3-2-7(5-12)9(11)4-8/h2-4,6H,1H3. The summed E-state index contributed by atoms with van der Waals surface area (Å²) in [4.78, 5) is 0.931. The van der Waals surface area contributed by atoms with Crippen LogP contribution >= 0.6 is 23.4 Å². The molecule has 0 amide bonds. The summed E-state index contributed by atoms with van der Waals surface area (Å²) in [6, 6.07) is 7.30. The van der Waals surface area contributed by atoms with E-state index in [1.54, 1.807) is 18.5 Å². The summed E-state index contributed by atoms with van der Waals surface area (Å²) in [6.45, 7) is 0. The Kier molecular flexibility index (Phi) is 3.13. The highest BCUT2D eigenvalue weighted by molar-refractivity contribution is 7.99. The Bertz CT molecular complexity index is 558. The molecule has 2 aromatic rings. The van der Waals surface area contributed by atoms with Crippen molar-refractivity contribution in [3.8, 4) is 6.07 Å². The predicted molar refractivity (Wildman–Crippen MR) is 61.3 cm³/mol. The fraction of sp³-hybridized carbons (Fsp3) is 0.100. The van der Waals surface area contributed by atoms with Crippen molar-refractivity contribution < 1.29 is 0 Å². The first kappa shape index (κ1) is 11.0. The molecule has 0 saturated carbocycles. The second kappa shape index (κ2) is 4.56. The molecule has 0 N–H and O–H groups in total. The molecule has 6 heteroatoms. The van der Waals surface area contributed by atoms with E-state index in [4.69, 9.17) is 16.9 Å². The van der Waals surface area contributed by atoms with E-state index in [0.29, 0.717) is 10.6 Å². The number of aromatic nitrogens is 3. The molecule has 0 aliphatic carbocycles. The van der Waals surface area contributed by atoms with Gasteiger partial charge in [-0.15, -0.1) is 10.2 Å². The fourth-order valence-electron chi connectivity index (χ4n) is 1.12. The molecular formula is C10H7ClN4S. The summed E-state index contributed by atoms with van der Waals surface area (Å²) in [6.07, 6.45) is 1.63. The van der Waals surface area contributed by atoms with Crippen LogP contribution in [0.25, 0.3) is 0 Å². The fourth-order valence-corrected chi connectivity index (χ4v) is 2.21. The van der Waals surface area contributed by atoms with E-state index in [-0.39, 0.29) is 0 Å². The molecular weight excluding hydrogens is 244 g/mol. The molecule has 0 aliphatic rings. The van der Waals surface area contributed by atoms with E-state index >= 15 is 0 Å². The first-order valence-electron chi connectivity index (χ1n) is 4.42. The number of benzene rings is 1. The highest BCUT2D eigenvalue weighted by atomic mass is 35.5. The van der Waals surface area contributed by atoms with Crippen LogP contribution in [-0.4, -0.2) is 14.8 Å². The maximum atomic E-state index is 8.74.